The molecule has 1 heterocycles. The fraction of sp³-hybridized carbons (Fsp3) is 0.692. The zero-order chi connectivity index (χ0) is 12.1. The highest BCUT2D eigenvalue weighted by atomic mass is 15.2. The molecule has 17 heavy (non-hydrogen) atoms. The lowest BCUT2D eigenvalue weighted by atomic mass is 10.0. The second-order valence-electron chi connectivity index (χ2n) is 4.82. The number of nitrogens with zero attached hydrogens (tertiary/aromatic N) is 3. The molecule has 0 atom stereocenters. The molecule has 0 saturated heterocycles. The Hall–Kier alpha value is -1.16. The van der Waals surface area contributed by atoms with Crippen molar-refractivity contribution >= 4 is 5.82 Å². The van der Waals surface area contributed by atoms with Crippen molar-refractivity contribution in [3.8, 4) is 0 Å². The molecule has 1 aliphatic carbocycles. The van der Waals surface area contributed by atoms with Gasteiger partial charge in [-0.15, -0.1) is 5.10 Å². The molecule has 1 N–H and O–H groups in total. The third kappa shape index (κ3) is 3.16. The van der Waals surface area contributed by atoms with E-state index in [0.29, 0.717) is 5.92 Å². The molecule has 1 saturated carbocycles. The van der Waals surface area contributed by atoms with Crippen LogP contribution in [-0.2, 0) is 0 Å². The van der Waals surface area contributed by atoms with E-state index in [9.17, 15) is 0 Å². The lowest BCUT2D eigenvalue weighted by Crippen LogP contribution is -2.27. The van der Waals surface area contributed by atoms with Gasteiger partial charge in [0.2, 0.25) is 0 Å². The molecule has 0 spiro atoms. The average Bonchev–Trinajstić information content (AvgIpc) is 2.90. The first-order valence-electron chi connectivity index (χ1n) is 6.50. The smallest absolute Gasteiger partial charge is 0.151 e. The maximum absolute atomic E-state index is 4.38. The maximum atomic E-state index is 4.38. The molecule has 1 fully saturated rings. The molecule has 0 amide bonds. The van der Waals surface area contributed by atoms with Crippen LogP contribution in [0.25, 0.3) is 0 Å². The Labute approximate surface area is 103 Å². The SMILES string of the molecule is CNCCN(C)c1ccc(C2CCCC2)nn1. The van der Waals surface area contributed by atoms with E-state index >= 15 is 0 Å². The average molecular weight is 234 g/mol. The van der Waals surface area contributed by atoms with Crippen molar-refractivity contribution < 1.29 is 0 Å². The lowest BCUT2D eigenvalue weighted by Gasteiger charge is -2.17. The summed E-state index contributed by atoms with van der Waals surface area (Å²) in [5, 5.41) is 11.8. The van der Waals surface area contributed by atoms with Crippen molar-refractivity contribution in [2.75, 3.05) is 32.1 Å². The van der Waals surface area contributed by atoms with E-state index in [1.54, 1.807) is 0 Å². The van der Waals surface area contributed by atoms with Crippen molar-refractivity contribution in [3.05, 3.63) is 17.8 Å². The van der Waals surface area contributed by atoms with Crippen molar-refractivity contribution in [2.45, 2.75) is 31.6 Å². The number of hydrogen-bond donors (Lipinski definition) is 1. The summed E-state index contributed by atoms with van der Waals surface area (Å²) in [7, 11) is 4.01. The molecule has 4 nitrogen and oxygen atoms in total. The predicted octanol–water partition coefficient (Wildman–Crippen LogP) is 1.79. The van der Waals surface area contributed by atoms with Gasteiger partial charge in [-0.05, 0) is 32.0 Å². The summed E-state index contributed by atoms with van der Waals surface area (Å²) in [4.78, 5) is 2.13. The van der Waals surface area contributed by atoms with Crippen molar-refractivity contribution in [1.82, 2.24) is 15.5 Å². The molecule has 0 unspecified atom stereocenters. The summed E-state index contributed by atoms with van der Waals surface area (Å²) >= 11 is 0. The molecule has 1 aliphatic rings. The fourth-order valence-electron chi connectivity index (χ4n) is 2.37. The minimum Gasteiger partial charge on any atom is -0.357 e. The summed E-state index contributed by atoms with van der Waals surface area (Å²) in [6.45, 7) is 1.91. The number of aromatic nitrogens is 2. The van der Waals surface area contributed by atoms with Crippen molar-refractivity contribution in [2.24, 2.45) is 0 Å². The van der Waals surface area contributed by atoms with Gasteiger partial charge in [0.05, 0.1) is 5.69 Å². The normalized spacial score (nSPS) is 16.4. The van der Waals surface area contributed by atoms with Crippen LogP contribution in [0.15, 0.2) is 12.1 Å². The molecule has 0 aliphatic heterocycles. The Morgan fingerprint density at radius 2 is 2.06 bits per heavy atom. The molecule has 0 bridgehead atoms. The van der Waals surface area contributed by atoms with Gasteiger partial charge in [-0.1, -0.05) is 12.8 Å². The molecule has 0 radical (unpaired) electrons. The Morgan fingerprint density at radius 1 is 1.29 bits per heavy atom. The van der Waals surface area contributed by atoms with Crippen LogP contribution in [0.3, 0.4) is 0 Å². The van der Waals surface area contributed by atoms with Gasteiger partial charge in [0.15, 0.2) is 5.82 Å². The number of hydrogen-bond acceptors (Lipinski definition) is 4. The quantitative estimate of drug-likeness (QED) is 0.843. The molecule has 1 aromatic heterocycles. The highest BCUT2D eigenvalue weighted by Crippen LogP contribution is 2.32. The minimum atomic E-state index is 0.652. The van der Waals surface area contributed by atoms with E-state index in [1.807, 2.05) is 7.05 Å². The van der Waals surface area contributed by atoms with Crippen LogP contribution in [0.1, 0.15) is 37.3 Å². The minimum absolute atomic E-state index is 0.652. The van der Waals surface area contributed by atoms with E-state index in [0.717, 1.165) is 18.9 Å². The van der Waals surface area contributed by atoms with Gasteiger partial charge >= 0.3 is 0 Å². The van der Waals surface area contributed by atoms with Crippen LogP contribution in [0, 0.1) is 0 Å². The van der Waals surface area contributed by atoms with Gasteiger partial charge in [0.1, 0.15) is 0 Å². The fourth-order valence-corrected chi connectivity index (χ4v) is 2.37. The van der Waals surface area contributed by atoms with E-state index < -0.39 is 0 Å². The second kappa shape index (κ2) is 5.96. The summed E-state index contributed by atoms with van der Waals surface area (Å²) in [6.07, 6.45) is 5.25. The molecule has 1 aromatic rings. The van der Waals surface area contributed by atoms with E-state index in [4.69, 9.17) is 0 Å². The largest absolute Gasteiger partial charge is 0.357 e. The Morgan fingerprint density at radius 3 is 2.65 bits per heavy atom. The summed E-state index contributed by atoms with van der Waals surface area (Å²) < 4.78 is 0. The third-order valence-corrected chi connectivity index (χ3v) is 3.53. The van der Waals surface area contributed by atoms with E-state index in [-0.39, 0.29) is 0 Å². The first-order valence-corrected chi connectivity index (χ1v) is 6.50. The summed E-state index contributed by atoms with van der Waals surface area (Å²) in [5.74, 6) is 1.61. The molecule has 94 valence electrons. The maximum Gasteiger partial charge on any atom is 0.151 e. The molecule has 0 aromatic carbocycles. The second-order valence-corrected chi connectivity index (χ2v) is 4.82. The number of rotatable bonds is 5. The Bertz CT molecular complexity index is 330. The third-order valence-electron chi connectivity index (χ3n) is 3.53. The topological polar surface area (TPSA) is 41.0 Å². The molecular weight excluding hydrogens is 212 g/mol. The highest BCUT2D eigenvalue weighted by Gasteiger charge is 2.18. The lowest BCUT2D eigenvalue weighted by molar-refractivity contribution is 0.676. The Balaban J connectivity index is 1.96. The first kappa shape index (κ1) is 12.3. The van der Waals surface area contributed by atoms with Crippen LogP contribution in [0.4, 0.5) is 5.82 Å². The summed E-state index contributed by atoms with van der Waals surface area (Å²) in [5.41, 5.74) is 1.17. The van der Waals surface area contributed by atoms with E-state index in [1.165, 1.54) is 31.4 Å². The van der Waals surface area contributed by atoms with Crippen LogP contribution in [0.2, 0.25) is 0 Å². The monoisotopic (exact) mass is 234 g/mol. The van der Waals surface area contributed by atoms with Gasteiger partial charge in [-0.3, -0.25) is 0 Å². The van der Waals surface area contributed by atoms with E-state index in [2.05, 4.69) is 39.6 Å². The Kier molecular flexibility index (Phi) is 4.31. The van der Waals surface area contributed by atoms with Crippen LogP contribution >= 0.6 is 0 Å². The first-order chi connectivity index (χ1) is 8.31. The van der Waals surface area contributed by atoms with Crippen LogP contribution in [0.5, 0.6) is 0 Å². The zero-order valence-electron chi connectivity index (χ0n) is 10.8. The number of anilines is 1. The van der Waals surface area contributed by atoms with Crippen molar-refractivity contribution in [3.63, 3.8) is 0 Å². The molecular formula is C13H22N4. The van der Waals surface area contributed by atoms with Crippen molar-refractivity contribution in [1.29, 1.82) is 0 Å². The number of likely N-dealkylation sites (N-methyl/N-ethyl adjacent to an activating group) is 2. The van der Waals surface area contributed by atoms with Gasteiger partial charge in [-0.2, -0.15) is 5.10 Å². The molecule has 2 rings (SSSR count). The van der Waals surface area contributed by atoms with Gasteiger partial charge in [0, 0.05) is 26.1 Å². The van der Waals surface area contributed by atoms with Crippen LogP contribution in [-0.4, -0.2) is 37.4 Å². The standard InChI is InChI=1S/C13H22N4/c1-14-9-10-17(2)13-8-7-12(15-16-13)11-5-3-4-6-11/h7-8,11,14H,3-6,9-10H2,1-2H3. The highest BCUT2D eigenvalue weighted by molar-refractivity contribution is 5.36. The van der Waals surface area contributed by atoms with Gasteiger partial charge < -0.3 is 10.2 Å². The predicted molar refractivity (Wildman–Crippen MR) is 70.4 cm³/mol. The van der Waals surface area contributed by atoms with Crippen LogP contribution < -0.4 is 10.2 Å². The number of nitrogens with one attached hydrogen (secondary N) is 1. The summed E-state index contributed by atoms with van der Waals surface area (Å²) in [6, 6.07) is 4.24. The van der Waals surface area contributed by atoms with Gasteiger partial charge in [0.25, 0.3) is 0 Å². The zero-order valence-corrected chi connectivity index (χ0v) is 10.8. The van der Waals surface area contributed by atoms with Gasteiger partial charge in [-0.25, -0.2) is 0 Å². The molecule has 4 heteroatoms.